The molecule has 0 aromatic carbocycles. The first-order valence-corrected chi connectivity index (χ1v) is 5.22. The van der Waals surface area contributed by atoms with E-state index >= 15 is 0 Å². The molecule has 19 heavy (non-hydrogen) atoms. The van der Waals surface area contributed by atoms with E-state index in [-0.39, 0.29) is 14.9 Å². The molecule has 0 saturated carbocycles. The van der Waals surface area contributed by atoms with Gasteiger partial charge in [-0.2, -0.15) is 0 Å². The molecule has 0 aliphatic rings. The molecule has 0 aromatic heterocycles. The summed E-state index contributed by atoms with van der Waals surface area (Å²) in [5.74, 6) is 0. The Balaban J connectivity index is -0.0000000492. The lowest BCUT2D eigenvalue weighted by atomic mass is 10.5. The van der Waals surface area contributed by atoms with E-state index in [4.69, 9.17) is 6.42 Å². The van der Waals surface area contributed by atoms with Crippen molar-refractivity contribution in [3.8, 4) is 12.5 Å². The van der Waals surface area contributed by atoms with Crippen LogP contribution >= 0.6 is 0 Å². The minimum Gasteiger partial charge on any atom is -0.399 e. The van der Waals surface area contributed by atoms with Crippen molar-refractivity contribution in [1.82, 2.24) is 0 Å². The highest BCUT2D eigenvalue weighted by Gasteiger charge is 1.69. The summed E-state index contributed by atoms with van der Waals surface area (Å²) >= 11 is 0. The van der Waals surface area contributed by atoms with Gasteiger partial charge in [0, 0.05) is 24.5 Å². The van der Waals surface area contributed by atoms with Crippen LogP contribution in [0.15, 0.2) is 15.1 Å². The Morgan fingerprint density at radius 2 is 1.26 bits per heavy atom. The fraction of sp³-hybridized carbons (Fsp3) is 0.667. The Labute approximate surface area is 121 Å². The maximum absolute atomic E-state index is 4.79. The van der Waals surface area contributed by atoms with Gasteiger partial charge in [-0.15, -0.1) is 0 Å². The van der Waals surface area contributed by atoms with Crippen LogP contribution in [0.2, 0.25) is 0 Å². The van der Waals surface area contributed by atoms with Crippen molar-refractivity contribution in [2.75, 3.05) is 14.2 Å². The van der Waals surface area contributed by atoms with E-state index in [1.54, 1.807) is 7.05 Å². The van der Waals surface area contributed by atoms with E-state index in [1.807, 2.05) is 41.5 Å². The highest BCUT2D eigenvalue weighted by Crippen LogP contribution is 1.71. The van der Waals surface area contributed by atoms with Crippen LogP contribution in [0.5, 0.6) is 0 Å². The van der Waals surface area contributed by atoms with Crippen molar-refractivity contribution in [3.63, 3.8) is 0 Å². The molecule has 0 unspecified atom stereocenters. The van der Waals surface area contributed by atoms with Gasteiger partial charge in [-0.1, -0.05) is 26.4 Å². The molecule has 0 atom stereocenters. The number of hydrogen-bond acceptors (Lipinski definition) is 4. The second kappa shape index (κ2) is 25.3. The summed E-state index contributed by atoms with van der Waals surface area (Å²) in [6, 6.07) is 2.16. The third-order valence-corrected chi connectivity index (χ3v) is 1.01. The number of terminal acetylenes is 1. The Kier molecular flexibility index (Phi) is 40.5. The molecular formula is C15H33N3O. The fourth-order valence-electron chi connectivity index (χ4n) is 0.312. The molecule has 0 bridgehead atoms. The fourth-order valence-corrected chi connectivity index (χ4v) is 0.312. The van der Waals surface area contributed by atoms with Gasteiger partial charge in [-0.25, -0.2) is 4.99 Å². The summed E-state index contributed by atoms with van der Waals surface area (Å²) in [5, 5.41) is 3.54. The van der Waals surface area contributed by atoms with Crippen LogP contribution in [0.25, 0.3) is 0 Å². The highest BCUT2D eigenvalue weighted by atomic mass is 16.6. The molecule has 0 heterocycles. The molecular weight excluding hydrogens is 238 g/mol. The molecule has 0 aliphatic heterocycles. The molecule has 0 radical (unpaired) electrons. The van der Waals surface area contributed by atoms with Crippen molar-refractivity contribution >= 4 is 17.1 Å². The first kappa shape index (κ1) is 30.4. The van der Waals surface area contributed by atoms with E-state index in [2.05, 4.69) is 26.0 Å². The summed E-state index contributed by atoms with van der Waals surface area (Å²) in [5.41, 5.74) is 3.00. The van der Waals surface area contributed by atoms with Crippen molar-refractivity contribution in [2.24, 2.45) is 15.1 Å². The van der Waals surface area contributed by atoms with Gasteiger partial charge in [0.15, 0.2) is 0 Å². The number of hydrogen-bond donors (Lipinski definition) is 0. The zero-order valence-corrected chi connectivity index (χ0v) is 12.3. The van der Waals surface area contributed by atoms with Gasteiger partial charge in [0.2, 0.25) is 0 Å². The molecule has 4 heteroatoms. The molecule has 0 fully saturated rings. The second-order valence-electron chi connectivity index (χ2n) is 3.58. The predicted octanol–water partition coefficient (Wildman–Crippen LogP) is 4.46. The second-order valence-corrected chi connectivity index (χ2v) is 3.58. The van der Waals surface area contributed by atoms with Crippen LogP contribution in [0.3, 0.4) is 0 Å². The van der Waals surface area contributed by atoms with Crippen molar-refractivity contribution in [2.45, 2.75) is 56.4 Å². The number of aliphatic imine (C=N–C) groups is 2. The van der Waals surface area contributed by atoms with Crippen LogP contribution in [-0.2, 0) is 4.84 Å². The predicted molar refractivity (Wildman–Crippen MR) is 91.6 cm³/mol. The van der Waals surface area contributed by atoms with Crippen molar-refractivity contribution in [1.29, 1.82) is 0 Å². The Hall–Kier alpha value is -1.63. The number of oxime groups is 1. The zero-order chi connectivity index (χ0) is 14.3. The van der Waals surface area contributed by atoms with Gasteiger partial charge in [0.25, 0.3) is 0 Å². The van der Waals surface area contributed by atoms with Crippen LogP contribution in [0, 0.1) is 12.5 Å². The summed E-state index contributed by atoms with van der Waals surface area (Å²) in [6.07, 6.45) is 4.79. The molecule has 0 saturated heterocycles. The van der Waals surface area contributed by atoms with Gasteiger partial charge in [-0.05, 0) is 41.5 Å². The minimum absolute atomic E-state index is 0. The van der Waals surface area contributed by atoms with E-state index in [9.17, 15) is 0 Å². The smallest absolute Gasteiger partial charge is 0.106 e. The largest absolute Gasteiger partial charge is 0.399 e. The third-order valence-electron chi connectivity index (χ3n) is 1.01. The van der Waals surface area contributed by atoms with Gasteiger partial charge in [-0.3, -0.25) is 4.99 Å². The standard InChI is InChI=1S/C5H7N.C4H9NO.C4H9N.2CH4/c1-4-6-5(2)3;1-4(2)5-6-3;1-4(2)5-3;;/h1H,2-3H3;1-3H3;1-3H3;2*1H4. The normalized spacial score (nSPS) is 6.05. The van der Waals surface area contributed by atoms with Gasteiger partial charge in [0.1, 0.15) is 7.11 Å². The monoisotopic (exact) mass is 271 g/mol. The molecule has 0 aliphatic carbocycles. The zero-order valence-electron chi connectivity index (χ0n) is 12.3. The minimum atomic E-state index is 0. The van der Waals surface area contributed by atoms with Gasteiger partial charge >= 0.3 is 0 Å². The lowest BCUT2D eigenvalue weighted by molar-refractivity contribution is 0.213. The SMILES string of the molecule is C.C.C#CN=C(C)C.CN=C(C)C.CON=C(C)C. The Bertz CT molecular complexity index is 285. The average molecular weight is 271 g/mol. The summed E-state index contributed by atoms with van der Waals surface area (Å²) in [4.78, 5) is 11.8. The van der Waals surface area contributed by atoms with Crippen LogP contribution in [-0.4, -0.2) is 31.3 Å². The van der Waals surface area contributed by atoms with Crippen LogP contribution < -0.4 is 0 Å². The van der Waals surface area contributed by atoms with E-state index in [1.165, 1.54) is 7.11 Å². The van der Waals surface area contributed by atoms with E-state index in [0.29, 0.717) is 0 Å². The van der Waals surface area contributed by atoms with Gasteiger partial charge in [0.05, 0.1) is 5.71 Å². The Morgan fingerprint density at radius 1 is 0.895 bits per heavy atom. The lowest BCUT2D eigenvalue weighted by Crippen LogP contribution is -1.79. The lowest BCUT2D eigenvalue weighted by Gasteiger charge is -1.83. The summed E-state index contributed by atoms with van der Waals surface area (Å²) in [6.45, 7) is 11.4. The third kappa shape index (κ3) is 83.3. The molecule has 114 valence electrons. The molecule has 0 rings (SSSR count). The summed E-state index contributed by atoms with van der Waals surface area (Å²) < 4.78 is 0. The maximum Gasteiger partial charge on any atom is 0.106 e. The first-order chi connectivity index (χ1) is 7.81. The van der Waals surface area contributed by atoms with Crippen LogP contribution in [0.1, 0.15) is 56.4 Å². The highest BCUT2D eigenvalue weighted by molar-refractivity contribution is 5.80. The average Bonchev–Trinajstić information content (AvgIpc) is 2.19. The van der Waals surface area contributed by atoms with E-state index < -0.39 is 0 Å². The summed E-state index contributed by atoms with van der Waals surface area (Å²) in [7, 11) is 3.32. The number of nitrogens with zero attached hydrogens (tertiary/aromatic N) is 3. The van der Waals surface area contributed by atoms with Crippen molar-refractivity contribution in [3.05, 3.63) is 0 Å². The molecule has 0 amide bonds. The Morgan fingerprint density at radius 3 is 1.26 bits per heavy atom. The van der Waals surface area contributed by atoms with E-state index in [0.717, 1.165) is 17.1 Å². The van der Waals surface area contributed by atoms with Crippen LogP contribution in [0.4, 0.5) is 0 Å². The first-order valence-electron chi connectivity index (χ1n) is 5.22. The molecule has 0 aromatic rings. The molecule has 4 nitrogen and oxygen atoms in total. The maximum atomic E-state index is 4.79. The number of rotatable bonds is 1. The molecule has 0 spiro atoms. The quantitative estimate of drug-likeness (QED) is 0.394. The topological polar surface area (TPSA) is 46.3 Å². The van der Waals surface area contributed by atoms with Crippen molar-refractivity contribution < 1.29 is 4.84 Å². The van der Waals surface area contributed by atoms with Gasteiger partial charge < -0.3 is 4.84 Å². The molecule has 0 N–H and O–H groups in total.